The van der Waals surface area contributed by atoms with E-state index < -0.39 is 0 Å². The largest absolute Gasteiger partial charge is 0.370 e. The lowest BCUT2D eigenvalue weighted by atomic mass is 10.2. The van der Waals surface area contributed by atoms with Crippen LogP contribution in [0.25, 0.3) is 0 Å². The minimum atomic E-state index is -0.378. The Labute approximate surface area is 127 Å². The average Bonchev–Trinajstić information content (AvgIpc) is 2.46. The third kappa shape index (κ3) is 4.72. The van der Waals surface area contributed by atoms with Crippen molar-refractivity contribution in [3.8, 4) is 0 Å². The number of nitrogens with two attached hydrogens (primary N) is 1. The highest BCUT2D eigenvalue weighted by molar-refractivity contribution is 6.29. The van der Waals surface area contributed by atoms with Crippen molar-refractivity contribution in [1.29, 1.82) is 0 Å². The standard InChI is InChI=1S/C15H15ClFN3O/c16-14-6-1-11(9-19-14)10-20(8-7-15(18)21)13-4-2-12(17)3-5-13/h1-6,9H,7-8,10H2,(H2,18,21). The Kier molecular flexibility index (Phi) is 5.11. The molecule has 4 nitrogen and oxygen atoms in total. The minimum Gasteiger partial charge on any atom is -0.370 e. The fraction of sp³-hybridized carbons (Fsp3) is 0.200. The average molecular weight is 308 g/mol. The number of aromatic nitrogens is 1. The van der Waals surface area contributed by atoms with Gasteiger partial charge in [-0.2, -0.15) is 0 Å². The van der Waals surface area contributed by atoms with Crippen molar-refractivity contribution in [1.82, 2.24) is 4.98 Å². The second-order valence-corrected chi connectivity index (χ2v) is 4.99. The number of carbonyl (C=O) groups excluding carboxylic acids is 1. The van der Waals surface area contributed by atoms with E-state index in [0.717, 1.165) is 11.3 Å². The van der Waals surface area contributed by atoms with E-state index in [1.54, 1.807) is 24.4 Å². The zero-order chi connectivity index (χ0) is 15.2. The van der Waals surface area contributed by atoms with Gasteiger partial charge in [-0.25, -0.2) is 9.37 Å². The molecule has 0 aliphatic carbocycles. The molecule has 2 N–H and O–H groups in total. The van der Waals surface area contributed by atoms with Gasteiger partial charge in [-0.15, -0.1) is 0 Å². The summed E-state index contributed by atoms with van der Waals surface area (Å²) < 4.78 is 13.0. The van der Waals surface area contributed by atoms with Crippen LogP contribution >= 0.6 is 11.6 Å². The fourth-order valence-corrected chi connectivity index (χ4v) is 2.03. The molecule has 0 unspecified atom stereocenters. The highest BCUT2D eigenvalue weighted by atomic mass is 35.5. The molecule has 2 rings (SSSR count). The van der Waals surface area contributed by atoms with E-state index in [2.05, 4.69) is 4.98 Å². The molecule has 0 aliphatic heterocycles. The number of hydrogen-bond donors (Lipinski definition) is 1. The summed E-state index contributed by atoms with van der Waals surface area (Å²) in [4.78, 5) is 17.0. The molecule has 0 radical (unpaired) electrons. The van der Waals surface area contributed by atoms with Crippen molar-refractivity contribution < 1.29 is 9.18 Å². The van der Waals surface area contributed by atoms with Gasteiger partial charge in [-0.3, -0.25) is 4.79 Å². The summed E-state index contributed by atoms with van der Waals surface area (Å²) in [5, 5.41) is 0.421. The van der Waals surface area contributed by atoms with Crippen molar-refractivity contribution in [2.75, 3.05) is 11.4 Å². The lowest BCUT2D eigenvalue weighted by molar-refractivity contribution is -0.117. The van der Waals surface area contributed by atoms with Gasteiger partial charge < -0.3 is 10.6 Å². The molecule has 0 saturated carbocycles. The number of nitrogens with zero attached hydrogens (tertiary/aromatic N) is 2. The molecule has 1 aromatic carbocycles. The molecule has 21 heavy (non-hydrogen) atoms. The molecule has 2 aromatic rings. The number of anilines is 1. The van der Waals surface area contributed by atoms with Gasteiger partial charge in [-0.05, 0) is 35.9 Å². The van der Waals surface area contributed by atoms with E-state index >= 15 is 0 Å². The van der Waals surface area contributed by atoms with Crippen LogP contribution in [0.3, 0.4) is 0 Å². The molecule has 1 aromatic heterocycles. The number of hydrogen-bond acceptors (Lipinski definition) is 3. The second kappa shape index (κ2) is 7.04. The van der Waals surface area contributed by atoms with Crippen molar-refractivity contribution >= 4 is 23.2 Å². The fourth-order valence-electron chi connectivity index (χ4n) is 1.92. The first kappa shape index (κ1) is 15.3. The molecule has 0 aliphatic rings. The first-order valence-corrected chi connectivity index (χ1v) is 6.81. The maximum absolute atomic E-state index is 13.0. The van der Waals surface area contributed by atoms with Gasteiger partial charge >= 0.3 is 0 Å². The summed E-state index contributed by atoms with van der Waals surface area (Å²) in [6.07, 6.45) is 1.89. The normalized spacial score (nSPS) is 10.4. The number of rotatable bonds is 6. The Morgan fingerprint density at radius 2 is 1.95 bits per heavy atom. The molecule has 1 amide bonds. The Bertz CT molecular complexity index is 601. The molecular weight excluding hydrogens is 293 g/mol. The van der Waals surface area contributed by atoms with E-state index in [1.807, 2.05) is 11.0 Å². The lowest BCUT2D eigenvalue weighted by Crippen LogP contribution is -2.27. The molecular formula is C15H15ClFN3O. The van der Waals surface area contributed by atoms with E-state index in [9.17, 15) is 9.18 Å². The summed E-state index contributed by atoms with van der Waals surface area (Å²) in [5.74, 6) is -0.682. The quantitative estimate of drug-likeness (QED) is 0.835. The van der Waals surface area contributed by atoms with Gasteiger partial charge in [0.25, 0.3) is 0 Å². The number of pyridine rings is 1. The van der Waals surface area contributed by atoms with Crippen LogP contribution in [0.15, 0.2) is 42.6 Å². The molecule has 0 atom stereocenters. The summed E-state index contributed by atoms with van der Waals surface area (Å²) in [7, 11) is 0. The van der Waals surface area contributed by atoms with Crippen LogP contribution in [0, 0.1) is 5.82 Å². The van der Waals surface area contributed by atoms with Gasteiger partial charge in [-0.1, -0.05) is 17.7 Å². The van der Waals surface area contributed by atoms with Crippen LogP contribution in [-0.4, -0.2) is 17.4 Å². The van der Waals surface area contributed by atoms with E-state index in [1.165, 1.54) is 12.1 Å². The Morgan fingerprint density at radius 1 is 1.24 bits per heavy atom. The number of halogens is 2. The first-order valence-electron chi connectivity index (χ1n) is 6.44. The smallest absolute Gasteiger partial charge is 0.219 e. The van der Waals surface area contributed by atoms with Gasteiger partial charge in [0.05, 0.1) is 0 Å². The number of carbonyl (C=O) groups is 1. The molecule has 0 bridgehead atoms. The maximum Gasteiger partial charge on any atom is 0.219 e. The van der Waals surface area contributed by atoms with Crippen LogP contribution in [0.4, 0.5) is 10.1 Å². The molecule has 110 valence electrons. The third-order valence-electron chi connectivity index (χ3n) is 2.98. The van der Waals surface area contributed by atoms with Gasteiger partial charge in [0.15, 0.2) is 0 Å². The zero-order valence-electron chi connectivity index (χ0n) is 11.3. The first-order chi connectivity index (χ1) is 10.0. The topological polar surface area (TPSA) is 59.2 Å². The Morgan fingerprint density at radius 3 is 2.52 bits per heavy atom. The van der Waals surface area contributed by atoms with Crippen molar-refractivity contribution in [3.05, 3.63) is 59.1 Å². The Hall–Kier alpha value is -2.14. The number of primary amides is 1. The minimum absolute atomic E-state index is 0.221. The predicted octanol–water partition coefficient (Wildman–Crippen LogP) is 2.76. The highest BCUT2D eigenvalue weighted by Crippen LogP contribution is 2.18. The van der Waals surface area contributed by atoms with Crippen molar-refractivity contribution in [2.24, 2.45) is 5.73 Å². The van der Waals surface area contributed by atoms with Crippen LogP contribution in [0.5, 0.6) is 0 Å². The molecule has 1 heterocycles. The molecule has 0 fully saturated rings. The molecule has 6 heteroatoms. The SMILES string of the molecule is NC(=O)CCN(Cc1ccc(Cl)nc1)c1ccc(F)cc1. The number of benzene rings is 1. The van der Waals surface area contributed by atoms with Crippen LogP contribution in [0.2, 0.25) is 5.15 Å². The predicted molar refractivity (Wildman–Crippen MR) is 80.5 cm³/mol. The summed E-state index contributed by atoms with van der Waals surface area (Å²) in [5.41, 5.74) is 6.95. The van der Waals surface area contributed by atoms with E-state index in [-0.39, 0.29) is 18.1 Å². The van der Waals surface area contributed by atoms with Gasteiger partial charge in [0.2, 0.25) is 5.91 Å². The van der Waals surface area contributed by atoms with Crippen LogP contribution in [-0.2, 0) is 11.3 Å². The zero-order valence-corrected chi connectivity index (χ0v) is 12.1. The second-order valence-electron chi connectivity index (χ2n) is 4.60. The van der Waals surface area contributed by atoms with Crippen LogP contribution in [0.1, 0.15) is 12.0 Å². The lowest BCUT2D eigenvalue weighted by Gasteiger charge is -2.24. The van der Waals surface area contributed by atoms with E-state index in [4.69, 9.17) is 17.3 Å². The van der Waals surface area contributed by atoms with Crippen molar-refractivity contribution in [3.63, 3.8) is 0 Å². The Balaban J connectivity index is 2.16. The monoisotopic (exact) mass is 307 g/mol. The van der Waals surface area contributed by atoms with Crippen molar-refractivity contribution in [2.45, 2.75) is 13.0 Å². The van der Waals surface area contributed by atoms with E-state index in [0.29, 0.717) is 18.2 Å². The summed E-state index contributed by atoms with van der Waals surface area (Å²) >= 11 is 5.76. The van der Waals surface area contributed by atoms with Gasteiger partial charge in [0, 0.05) is 31.4 Å². The highest BCUT2D eigenvalue weighted by Gasteiger charge is 2.09. The summed E-state index contributed by atoms with van der Waals surface area (Å²) in [6, 6.07) is 9.66. The molecule has 0 spiro atoms. The number of amides is 1. The van der Waals surface area contributed by atoms with Crippen LogP contribution < -0.4 is 10.6 Å². The third-order valence-corrected chi connectivity index (χ3v) is 3.21. The summed E-state index contributed by atoms with van der Waals surface area (Å²) in [6.45, 7) is 0.979. The maximum atomic E-state index is 13.0. The van der Waals surface area contributed by atoms with Gasteiger partial charge in [0.1, 0.15) is 11.0 Å². The molecule has 0 saturated heterocycles.